The summed E-state index contributed by atoms with van der Waals surface area (Å²) in [5, 5.41) is 6.16. The van der Waals surface area contributed by atoms with Crippen molar-refractivity contribution in [2.75, 3.05) is 13.1 Å². The lowest BCUT2D eigenvalue weighted by Crippen LogP contribution is -2.43. The van der Waals surface area contributed by atoms with Gasteiger partial charge in [0.05, 0.1) is 6.54 Å². The number of rotatable bonds is 1. The number of hydrazine groups is 1. The minimum absolute atomic E-state index is 0. The maximum absolute atomic E-state index is 6.15. The molecule has 0 amide bonds. The molecule has 0 aromatic heterocycles. The van der Waals surface area contributed by atoms with Gasteiger partial charge >= 0.3 is 0 Å². The van der Waals surface area contributed by atoms with Gasteiger partial charge in [-0.3, -0.25) is 10.4 Å². The Labute approximate surface area is 111 Å². The Balaban J connectivity index is 0.00000108. The molecule has 0 radical (unpaired) electrons. The number of benzene rings is 1. The maximum Gasteiger partial charge on any atom is 0.206 e. The molecule has 17 heavy (non-hydrogen) atoms. The Morgan fingerprint density at radius 3 is 2.94 bits per heavy atom. The quantitative estimate of drug-likeness (QED) is 0.815. The van der Waals surface area contributed by atoms with Crippen LogP contribution in [0.5, 0.6) is 0 Å². The Hall–Kier alpha value is -0.970. The fraction of sp³-hybridized carbons (Fsp3) is 0.364. The molecule has 0 atom stereocenters. The van der Waals surface area contributed by atoms with E-state index < -0.39 is 0 Å². The minimum atomic E-state index is 0. The number of fused-ring (bicyclic) bond motifs is 1. The normalized spacial score (nSPS) is 18.1. The van der Waals surface area contributed by atoms with Gasteiger partial charge in [-0.15, -0.1) is 12.4 Å². The first-order chi connectivity index (χ1) is 7.83. The van der Waals surface area contributed by atoms with Crippen LogP contribution in [0.3, 0.4) is 0 Å². The smallest absolute Gasteiger partial charge is 0.206 e. The number of aliphatic imine (C=N–C) groups is 1. The van der Waals surface area contributed by atoms with E-state index in [0.29, 0.717) is 0 Å². The van der Waals surface area contributed by atoms with Crippen molar-refractivity contribution in [1.82, 2.24) is 15.8 Å². The van der Waals surface area contributed by atoms with Crippen LogP contribution in [-0.2, 0) is 13.1 Å². The van der Waals surface area contributed by atoms with E-state index in [4.69, 9.17) is 11.6 Å². The van der Waals surface area contributed by atoms with Crippen molar-refractivity contribution < 1.29 is 0 Å². The lowest BCUT2D eigenvalue weighted by molar-refractivity contribution is 0.239. The summed E-state index contributed by atoms with van der Waals surface area (Å²) in [6.07, 6.45) is 0. The van der Waals surface area contributed by atoms with E-state index in [2.05, 4.69) is 26.8 Å². The number of nitrogens with one attached hydrogen (secondary N) is 2. The van der Waals surface area contributed by atoms with Gasteiger partial charge in [0.1, 0.15) is 0 Å². The van der Waals surface area contributed by atoms with Crippen molar-refractivity contribution in [2.45, 2.75) is 13.1 Å². The highest BCUT2D eigenvalue weighted by atomic mass is 35.5. The summed E-state index contributed by atoms with van der Waals surface area (Å²) in [6, 6.07) is 6.05. The third-order valence-electron chi connectivity index (χ3n) is 2.86. The average Bonchev–Trinajstić information content (AvgIpc) is 2.88. The molecule has 6 heteroatoms. The summed E-state index contributed by atoms with van der Waals surface area (Å²) in [4.78, 5) is 4.30. The first-order valence-corrected chi connectivity index (χ1v) is 5.77. The molecule has 2 aliphatic heterocycles. The molecule has 0 unspecified atom stereocenters. The summed E-state index contributed by atoms with van der Waals surface area (Å²) in [7, 11) is 0. The lowest BCUT2D eigenvalue weighted by atomic mass is 10.1. The van der Waals surface area contributed by atoms with Gasteiger partial charge in [-0.05, 0) is 17.2 Å². The molecule has 0 spiro atoms. The van der Waals surface area contributed by atoms with Crippen LogP contribution >= 0.6 is 24.0 Å². The molecule has 0 saturated carbocycles. The van der Waals surface area contributed by atoms with E-state index in [1.165, 1.54) is 11.1 Å². The first kappa shape index (κ1) is 12.5. The van der Waals surface area contributed by atoms with Crippen LogP contribution in [0.25, 0.3) is 0 Å². The Morgan fingerprint density at radius 2 is 2.24 bits per heavy atom. The summed E-state index contributed by atoms with van der Waals surface area (Å²) in [5.74, 6) is 0.865. The van der Waals surface area contributed by atoms with Crippen molar-refractivity contribution in [3.8, 4) is 0 Å². The summed E-state index contributed by atoms with van der Waals surface area (Å²) >= 11 is 6.15. The van der Waals surface area contributed by atoms with E-state index in [9.17, 15) is 0 Å². The van der Waals surface area contributed by atoms with Crippen molar-refractivity contribution in [2.24, 2.45) is 4.99 Å². The van der Waals surface area contributed by atoms with Gasteiger partial charge < -0.3 is 5.32 Å². The predicted molar refractivity (Wildman–Crippen MR) is 71.4 cm³/mol. The largest absolute Gasteiger partial charge is 0.353 e. The highest BCUT2D eigenvalue weighted by Crippen LogP contribution is 2.27. The van der Waals surface area contributed by atoms with Crippen LogP contribution in [0.1, 0.15) is 11.1 Å². The molecule has 2 N–H and O–H groups in total. The SMILES string of the molecule is Cl.Clc1cccc2c1CN(NC1=NCCN1)C2. The van der Waals surface area contributed by atoms with E-state index >= 15 is 0 Å². The molecule has 0 aliphatic carbocycles. The molecule has 1 aromatic carbocycles. The highest BCUT2D eigenvalue weighted by Gasteiger charge is 2.22. The molecule has 3 rings (SSSR count). The zero-order valence-electron chi connectivity index (χ0n) is 9.24. The zero-order chi connectivity index (χ0) is 11.0. The van der Waals surface area contributed by atoms with Crippen LogP contribution in [0.2, 0.25) is 5.02 Å². The van der Waals surface area contributed by atoms with Gasteiger partial charge in [0.15, 0.2) is 0 Å². The number of halogens is 2. The second-order valence-electron chi connectivity index (χ2n) is 4.00. The summed E-state index contributed by atoms with van der Waals surface area (Å²) < 4.78 is 0. The Morgan fingerprint density at radius 1 is 1.35 bits per heavy atom. The number of nitrogens with zero attached hydrogens (tertiary/aromatic N) is 2. The molecule has 0 bridgehead atoms. The van der Waals surface area contributed by atoms with Gasteiger partial charge in [0.25, 0.3) is 0 Å². The van der Waals surface area contributed by atoms with Gasteiger partial charge in [0, 0.05) is 24.7 Å². The fourth-order valence-electron chi connectivity index (χ4n) is 2.08. The number of hydrogen-bond acceptors (Lipinski definition) is 4. The molecule has 4 nitrogen and oxygen atoms in total. The predicted octanol–water partition coefficient (Wildman–Crippen LogP) is 1.54. The van der Waals surface area contributed by atoms with Crippen molar-refractivity contribution in [1.29, 1.82) is 0 Å². The molecule has 92 valence electrons. The molecule has 1 aromatic rings. The van der Waals surface area contributed by atoms with Crippen molar-refractivity contribution >= 4 is 30.0 Å². The van der Waals surface area contributed by atoms with Crippen LogP contribution in [0.4, 0.5) is 0 Å². The third-order valence-corrected chi connectivity index (χ3v) is 3.22. The second-order valence-corrected chi connectivity index (χ2v) is 4.41. The van der Waals surface area contributed by atoms with E-state index in [1.807, 2.05) is 12.1 Å². The Kier molecular flexibility index (Phi) is 3.76. The fourth-order valence-corrected chi connectivity index (χ4v) is 2.34. The topological polar surface area (TPSA) is 39.7 Å². The Bertz CT molecular complexity index is 447. The van der Waals surface area contributed by atoms with Crippen molar-refractivity contribution in [3.63, 3.8) is 0 Å². The van der Waals surface area contributed by atoms with Gasteiger partial charge in [-0.1, -0.05) is 23.7 Å². The summed E-state index contributed by atoms with van der Waals surface area (Å²) in [6.45, 7) is 3.47. The minimum Gasteiger partial charge on any atom is -0.353 e. The zero-order valence-corrected chi connectivity index (χ0v) is 10.8. The van der Waals surface area contributed by atoms with E-state index in [0.717, 1.165) is 37.2 Å². The maximum atomic E-state index is 6.15. The van der Waals surface area contributed by atoms with E-state index in [-0.39, 0.29) is 12.4 Å². The van der Waals surface area contributed by atoms with Gasteiger partial charge in [-0.2, -0.15) is 0 Å². The number of guanidine groups is 1. The third kappa shape index (κ3) is 2.49. The van der Waals surface area contributed by atoms with Crippen LogP contribution in [0.15, 0.2) is 23.2 Å². The second kappa shape index (κ2) is 5.12. The van der Waals surface area contributed by atoms with Crippen LogP contribution in [0, 0.1) is 0 Å². The molecular weight excluding hydrogens is 259 g/mol. The molecule has 0 fully saturated rings. The number of hydrogen-bond donors (Lipinski definition) is 2. The van der Waals surface area contributed by atoms with Gasteiger partial charge in [0.2, 0.25) is 5.96 Å². The monoisotopic (exact) mass is 272 g/mol. The highest BCUT2D eigenvalue weighted by molar-refractivity contribution is 6.31. The lowest BCUT2D eigenvalue weighted by Gasteiger charge is -2.17. The van der Waals surface area contributed by atoms with E-state index in [1.54, 1.807) is 0 Å². The molecular formula is C11H14Cl2N4. The van der Waals surface area contributed by atoms with Crippen LogP contribution < -0.4 is 10.7 Å². The summed E-state index contributed by atoms with van der Waals surface area (Å²) in [5.41, 5.74) is 5.77. The molecule has 2 aliphatic rings. The van der Waals surface area contributed by atoms with Gasteiger partial charge in [-0.25, -0.2) is 5.01 Å². The molecule has 0 saturated heterocycles. The molecule has 2 heterocycles. The first-order valence-electron chi connectivity index (χ1n) is 5.39. The van der Waals surface area contributed by atoms with Crippen molar-refractivity contribution in [3.05, 3.63) is 34.3 Å². The average molecular weight is 273 g/mol. The van der Waals surface area contributed by atoms with Crippen LogP contribution in [-0.4, -0.2) is 24.1 Å². The standard InChI is InChI=1S/C11H13ClN4.ClH/c12-10-3-1-2-8-6-16(7-9(8)10)15-11-13-4-5-14-11;/h1-3H,4-7H2,(H2,13,14,15);1H.